The summed E-state index contributed by atoms with van der Waals surface area (Å²) in [4.78, 5) is 8.66. The van der Waals surface area contributed by atoms with E-state index in [4.69, 9.17) is 4.74 Å². The summed E-state index contributed by atoms with van der Waals surface area (Å²) >= 11 is 0. The van der Waals surface area contributed by atoms with E-state index in [1.165, 1.54) is 5.56 Å². The van der Waals surface area contributed by atoms with Crippen LogP contribution < -0.4 is 10.1 Å². The Kier molecular flexibility index (Phi) is 4.69. The van der Waals surface area contributed by atoms with Gasteiger partial charge in [0.15, 0.2) is 0 Å². The van der Waals surface area contributed by atoms with E-state index in [1.54, 1.807) is 12.4 Å². The van der Waals surface area contributed by atoms with E-state index in [0.29, 0.717) is 12.4 Å². The normalized spacial score (nSPS) is 10.6. The lowest BCUT2D eigenvalue weighted by molar-refractivity contribution is 0.449. The first-order chi connectivity index (χ1) is 9.61. The van der Waals surface area contributed by atoms with E-state index in [0.717, 1.165) is 29.1 Å². The minimum atomic E-state index is 0.539. The highest BCUT2D eigenvalue weighted by molar-refractivity contribution is 5.46. The van der Waals surface area contributed by atoms with Gasteiger partial charge in [-0.2, -0.15) is 0 Å². The van der Waals surface area contributed by atoms with Gasteiger partial charge in [0.25, 0.3) is 0 Å². The van der Waals surface area contributed by atoms with Crippen LogP contribution in [0.3, 0.4) is 0 Å². The van der Waals surface area contributed by atoms with Crippen molar-refractivity contribution >= 4 is 0 Å². The first-order valence-corrected chi connectivity index (χ1v) is 6.88. The molecule has 4 nitrogen and oxygen atoms in total. The summed E-state index contributed by atoms with van der Waals surface area (Å²) in [7, 11) is 0. The molecule has 20 heavy (non-hydrogen) atoms. The van der Waals surface area contributed by atoms with Crippen LogP contribution >= 0.6 is 0 Å². The molecule has 0 fully saturated rings. The van der Waals surface area contributed by atoms with E-state index in [9.17, 15) is 0 Å². The fourth-order valence-corrected chi connectivity index (χ4v) is 1.96. The van der Waals surface area contributed by atoms with Crippen molar-refractivity contribution in [3.05, 3.63) is 46.9 Å². The molecule has 1 aromatic heterocycles. The molecule has 2 rings (SSSR count). The Morgan fingerprint density at radius 3 is 2.60 bits per heavy atom. The standard InChI is InChI=1S/C16H21N3O/c1-5-17-8-14-9-18-10-15(19-14)20-16-12(3)7-6-11(2)13(16)4/h6-7,9-10,17H,5,8H2,1-4H3. The molecular formula is C16H21N3O. The number of rotatable bonds is 5. The molecule has 0 saturated carbocycles. The van der Waals surface area contributed by atoms with Crippen LogP contribution in [0.5, 0.6) is 11.6 Å². The fraction of sp³-hybridized carbons (Fsp3) is 0.375. The Bertz CT molecular complexity index is 596. The number of hydrogen-bond donors (Lipinski definition) is 1. The Balaban J connectivity index is 2.24. The molecule has 0 amide bonds. The van der Waals surface area contributed by atoms with Crippen LogP contribution in [0.2, 0.25) is 0 Å². The molecule has 0 atom stereocenters. The van der Waals surface area contributed by atoms with Gasteiger partial charge >= 0.3 is 0 Å². The highest BCUT2D eigenvalue weighted by atomic mass is 16.5. The molecular weight excluding hydrogens is 250 g/mol. The molecule has 1 N–H and O–H groups in total. The summed E-state index contributed by atoms with van der Waals surface area (Å²) in [5, 5.41) is 3.23. The van der Waals surface area contributed by atoms with Gasteiger partial charge in [-0.05, 0) is 44.0 Å². The highest BCUT2D eigenvalue weighted by Crippen LogP contribution is 2.29. The van der Waals surface area contributed by atoms with Gasteiger partial charge in [-0.1, -0.05) is 19.1 Å². The van der Waals surface area contributed by atoms with Crippen LogP contribution in [0.1, 0.15) is 29.3 Å². The first kappa shape index (κ1) is 14.5. The van der Waals surface area contributed by atoms with E-state index >= 15 is 0 Å². The van der Waals surface area contributed by atoms with Crippen molar-refractivity contribution in [2.75, 3.05) is 6.54 Å². The van der Waals surface area contributed by atoms with Gasteiger partial charge in [0.2, 0.25) is 5.88 Å². The summed E-state index contributed by atoms with van der Waals surface area (Å²) in [6.45, 7) is 9.85. The molecule has 0 unspecified atom stereocenters. The smallest absolute Gasteiger partial charge is 0.238 e. The SMILES string of the molecule is CCNCc1cncc(Oc2c(C)ccc(C)c2C)n1. The number of nitrogens with one attached hydrogen (secondary N) is 1. The molecule has 0 aliphatic heterocycles. The third-order valence-corrected chi connectivity index (χ3v) is 3.30. The van der Waals surface area contributed by atoms with Gasteiger partial charge in [0.05, 0.1) is 11.9 Å². The molecule has 0 saturated heterocycles. The molecule has 106 valence electrons. The largest absolute Gasteiger partial charge is 0.437 e. The van der Waals surface area contributed by atoms with Crippen molar-refractivity contribution in [2.24, 2.45) is 0 Å². The van der Waals surface area contributed by atoms with E-state index in [-0.39, 0.29) is 0 Å². The van der Waals surface area contributed by atoms with E-state index in [1.807, 2.05) is 6.92 Å². The van der Waals surface area contributed by atoms with Crippen molar-refractivity contribution in [1.82, 2.24) is 15.3 Å². The molecule has 1 aromatic carbocycles. The molecule has 0 aliphatic rings. The van der Waals surface area contributed by atoms with Crippen molar-refractivity contribution in [2.45, 2.75) is 34.2 Å². The van der Waals surface area contributed by atoms with Crippen LogP contribution in [-0.4, -0.2) is 16.5 Å². The Labute approximate surface area is 120 Å². The quantitative estimate of drug-likeness (QED) is 0.906. The average molecular weight is 271 g/mol. The van der Waals surface area contributed by atoms with Crippen molar-refractivity contribution in [3.8, 4) is 11.6 Å². The first-order valence-electron chi connectivity index (χ1n) is 6.88. The van der Waals surface area contributed by atoms with Gasteiger partial charge in [0.1, 0.15) is 5.75 Å². The third kappa shape index (κ3) is 3.33. The number of aryl methyl sites for hydroxylation is 2. The Morgan fingerprint density at radius 1 is 1.10 bits per heavy atom. The van der Waals surface area contributed by atoms with Crippen LogP contribution in [-0.2, 0) is 6.54 Å². The van der Waals surface area contributed by atoms with Crippen LogP contribution in [0, 0.1) is 20.8 Å². The second-order valence-corrected chi connectivity index (χ2v) is 4.88. The maximum Gasteiger partial charge on any atom is 0.238 e. The number of hydrogen-bond acceptors (Lipinski definition) is 4. The predicted octanol–water partition coefficient (Wildman–Crippen LogP) is 3.30. The highest BCUT2D eigenvalue weighted by Gasteiger charge is 2.09. The number of ether oxygens (including phenoxy) is 1. The number of benzene rings is 1. The van der Waals surface area contributed by atoms with Gasteiger partial charge in [0, 0.05) is 12.7 Å². The van der Waals surface area contributed by atoms with Gasteiger partial charge < -0.3 is 10.1 Å². The summed E-state index contributed by atoms with van der Waals surface area (Å²) in [5.41, 5.74) is 4.34. The molecule has 0 radical (unpaired) electrons. The summed E-state index contributed by atoms with van der Waals surface area (Å²) in [6, 6.07) is 4.17. The second kappa shape index (κ2) is 6.48. The summed E-state index contributed by atoms with van der Waals surface area (Å²) in [6.07, 6.45) is 3.40. The van der Waals surface area contributed by atoms with Crippen LogP contribution in [0.4, 0.5) is 0 Å². The maximum absolute atomic E-state index is 5.94. The van der Waals surface area contributed by atoms with Gasteiger partial charge in [-0.3, -0.25) is 4.98 Å². The number of nitrogens with zero attached hydrogens (tertiary/aromatic N) is 2. The minimum Gasteiger partial charge on any atom is -0.437 e. The minimum absolute atomic E-state index is 0.539. The van der Waals surface area contributed by atoms with Gasteiger partial charge in [-0.25, -0.2) is 4.98 Å². The van der Waals surface area contributed by atoms with Gasteiger partial charge in [-0.15, -0.1) is 0 Å². The third-order valence-electron chi connectivity index (χ3n) is 3.30. The number of aromatic nitrogens is 2. The monoisotopic (exact) mass is 271 g/mol. The second-order valence-electron chi connectivity index (χ2n) is 4.88. The fourth-order valence-electron chi connectivity index (χ4n) is 1.96. The topological polar surface area (TPSA) is 47.0 Å². The van der Waals surface area contributed by atoms with E-state index in [2.05, 4.69) is 48.2 Å². The lowest BCUT2D eigenvalue weighted by Crippen LogP contribution is -2.13. The molecule has 0 bridgehead atoms. The van der Waals surface area contributed by atoms with Crippen molar-refractivity contribution in [1.29, 1.82) is 0 Å². The van der Waals surface area contributed by atoms with Crippen LogP contribution in [0.15, 0.2) is 24.5 Å². The molecule has 0 aliphatic carbocycles. The van der Waals surface area contributed by atoms with Crippen LogP contribution in [0.25, 0.3) is 0 Å². The molecule has 1 heterocycles. The molecule has 0 spiro atoms. The lowest BCUT2D eigenvalue weighted by atomic mass is 10.1. The predicted molar refractivity (Wildman–Crippen MR) is 80.1 cm³/mol. The zero-order valence-electron chi connectivity index (χ0n) is 12.5. The zero-order chi connectivity index (χ0) is 14.5. The lowest BCUT2D eigenvalue weighted by Gasteiger charge is -2.13. The van der Waals surface area contributed by atoms with Crippen molar-refractivity contribution in [3.63, 3.8) is 0 Å². The zero-order valence-corrected chi connectivity index (χ0v) is 12.5. The maximum atomic E-state index is 5.94. The Morgan fingerprint density at radius 2 is 1.85 bits per heavy atom. The summed E-state index contributed by atoms with van der Waals surface area (Å²) in [5.74, 6) is 1.41. The molecule has 4 heteroatoms. The Hall–Kier alpha value is -1.94. The molecule has 2 aromatic rings. The summed E-state index contributed by atoms with van der Waals surface area (Å²) < 4.78 is 5.94. The van der Waals surface area contributed by atoms with E-state index < -0.39 is 0 Å². The average Bonchev–Trinajstić information content (AvgIpc) is 2.46. The van der Waals surface area contributed by atoms with Crippen molar-refractivity contribution < 1.29 is 4.74 Å².